The third kappa shape index (κ3) is 2.89. The van der Waals surface area contributed by atoms with Gasteiger partial charge in [0.1, 0.15) is 0 Å². The summed E-state index contributed by atoms with van der Waals surface area (Å²) in [4.78, 5) is 19.6. The van der Waals surface area contributed by atoms with Crippen LogP contribution >= 0.6 is 22.9 Å². The van der Waals surface area contributed by atoms with Crippen LogP contribution in [0.15, 0.2) is 11.2 Å². The lowest BCUT2D eigenvalue weighted by atomic mass is 9.49. The largest absolute Gasteiger partial charge is 0.383 e. The zero-order valence-electron chi connectivity index (χ0n) is 14.4. The predicted octanol–water partition coefficient (Wildman–Crippen LogP) is 3.51. The highest BCUT2D eigenvalue weighted by molar-refractivity contribution is 7.09. The average molecular weight is 369 g/mol. The van der Waals surface area contributed by atoms with Crippen molar-refractivity contribution in [1.82, 2.24) is 4.57 Å². The van der Waals surface area contributed by atoms with Gasteiger partial charge in [0, 0.05) is 29.6 Å². The highest BCUT2D eigenvalue weighted by Gasteiger charge is 2.60. The lowest BCUT2D eigenvalue weighted by Crippen LogP contribution is -2.55. The summed E-state index contributed by atoms with van der Waals surface area (Å²) in [6.45, 7) is 3.40. The molecule has 4 nitrogen and oxygen atoms in total. The molecular formula is C18H25ClN2O2S. The molecular weight excluding hydrogens is 344 g/mol. The van der Waals surface area contributed by atoms with Gasteiger partial charge in [-0.05, 0) is 57.3 Å². The maximum Gasteiger partial charge on any atom is 0.254 e. The molecule has 0 N–H and O–H groups in total. The number of aryl methyl sites for hydroxylation is 1. The lowest BCUT2D eigenvalue weighted by molar-refractivity contribution is -0.141. The summed E-state index contributed by atoms with van der Waals surface area (Å²) in [6.07, 6.45) is 8.29. The van der Waals surface area contributed by atoms with E-state index in [9.17, 15) is 4.79 Å². The second-order valence-electron chi connectivity index (χ2n) is 8.12. The van der Waals surface area contributed by atoms with Crippen LogP contribution < -0.4 is 4.80 Å². The van der Waals surface area contributed by atoms with Crippen molar-refractivity contribution in [2.45, 2.75) is 56.9 Å². The first-order chi connectivity index (χ1) is 11.4. The average Bonchev–Trinajstić information content (AvgIpc) is 2.82. The van der Waals surface area contributed by atoms with Gasteiger partial charge in [-0.1, -0.05) is 0 Å². The van der Waals surface area contributed by atoms with Gasteiger partial charge >= 0.3 is 0 Å². The Morgan fingerprint density at radius 2 is 2.12 bits per heavy atom. The number of amides is 1. The number of hydrogen-bond acceptors (Lipinski definition) is 3. The fourth-order valence-corrected chi connectivity index (χ4v) is 7.10. The van der Waals surface area contributed by atoms with Crippen molar-refractivity contribution in [2.75, 3.05) is 13.7 Å². The van der Waals surface area contributed by atoms with Crippen molar-refractivity contribution in [2.24, 2.45) is 22.2 Å². The highest BCUT2D eigenvalue weighted by Crippen LogP contribution is 2.64. The summed E-state index contributed by atoms with van der Waals surface area (Å²) in [5, 5.41) is 0. The molecule has 2 unspecified atom stereocenters. The van der Waals surface area contributed by atoms with Crippen LogP contribution in [0.25, 0.3) is 0 Å². The van der Waals surface area contributed by atoms with Crippen molar-refractivity contribution in [1.29, 1.82) is 0 Å². The number of thiazole rings is 1. The molecule has 24 heavy (non-hydrogen) atoms. The molecule has 132 valence electrons. The van der Waals surface area contributed by atoms with Gasteiger partial charge in [0.2, 0.25) is 0 Å². The van der Waals surface area contributed by atoms with E-state index in [0.717, 1.165) is 48.3 Å². The van der Waals surface area contributed by atoms with Gasteiger partial charge in [-0.25, -0.2) is 0 Å². The zero-order chi connectivity index (χ0) is 16.9. The molecule has 2 atom stereocenters. The molecule has 4 aliphatic rings. The highest BCUT2D eigenvalue weighted by atomic mass is 35.5. The Balaban J connectivity index is 1.65. The van der Waals surface area contributed by atoms with E-state index in [1.807, 2.05) is 4.57 Å². The Bertz CT molecular complexity index is 709. The van der Waals surface area contributed by atoms with Crippen LogP contribution in [0.2, 0.25) is 0 Å². The number of hydrogen-bond donors (Lipinski definition) is 0. The Morgan fingerprint density at radius 1 is 1.42 bits per heavy atom. The SMILES string of the molecule is COCCn1cc(C)sc1=NC(=O)C12CC3CC(CC(Cl)(C3)C1)C2. The molecule has 1 amide bonds. The number of methoxy groups -OCH3 is 1. The number of carbonyl (C=O) groups excluding carboxylic acids is 1. The third-order valence-electron chi connectivity index (χ3n) is 6.01. The van der Waals surface area contributed by atoms with Gasteiger partial charge in [0.25, 0.3) is 5.91 Å². The number of nitrogens with zero attached hydrogens (tertiary/aromatic N) is 2. The zero-order valence-corrected chi connectivity index (χ0v) is 16.0. The molecule has 4 aliphatic carbocycles. The number of halogens is 1. The molecule has 4 fully saturated rings. The summed E-state index contributed by atoms with van der Waals surface area (Å²) in [5.41, 5.74) is -0.303. The molecule has 4 bridgehead atoms. The van der Waals surface area contributed by atoms with E-state index >= 15 is 0 Å². The smallest absolute Gasteiger partial charge is 0.254 e. The fraction of sp³-hybridized carbons (Fsp3) is 0.778. The van der Waals surface area contributed by atoms with Crippen molar-refractivity contribution in [3.63, 3.8) is 0 Å². The van der Waals surface area contributed by atoms with Crippen LogP contribution in [-0.4, -0.2) is 29.1 Å². The van der Waals surface area contributed by atoms with Gasteiger partial charge in [-0.3, -0.25) is 4.79 Å². The molecule has 0 aromatic carbocycles. The van der Waals surface area contributed by atoms with Gasteiger partial charge in [0.05, 0.1) is 12.0 Å². The first-order valence-electron chi connectivity index (χ1n) is 8.85. The minimum Gasteiger partial charge on any atom is -0.383 e. The number of carbonyl (C=O) groups is 1. The monoisotopic (exact) mass is 368 g/mol. The van der Waals surface area contributed by atoms with E-state index in [0.29, 0.717) is 18.4 Å². The van der Waals surface area contributed by atoms with E-state index in [2.05, 4.69) is 18.1 Å². The van der Waals surface area contributed by atoms with E-state index in [1.54, 1.807) is 18.4 Å². The molecule has 5 rings (SSSR count). The summed E-state index contributed by atoms with van der Waals surface area (Å²) in [6, 6.07) is 0. The first-order valence-corrected chi connectivity index (χ1v) is 10.0. The minimum atomic E-state index is -0.303. The summed E-state index contributed by atoms with van der Waals surface area (Å²) < 4.78 is 7.21. The van der Waals surface area contributed by atoms with Crippen LogP contribution in [0.3, 0.4) is 0 Å². The van der Waals surface area contributed by atoms with Crippen LogP contribution in [0.5, 0.6) is 0 Å². The van der Waals surface area contributed by atoms with E-state index in [-0.39, 0.29) is 16.2 Å². The minimum absolute atomic E-state index is 0.0645. The molecule has 6 heteroatoms. The van der Waals surface area contributed by atoms with Gasteiger partial charge in [-0.2, -0.15) is 4.99 Å². The molecule has 1 aromatic heterocycles. The molecule has 0 saturated heterocycles. The third-order valence-corrected chi connectivity index (χ3v) is 7.39. The van der Waals surface area contributed by atoms with Crippen molar-refractivity contribution in [3.8, 4) is 0 Å². The first kappa shape index (κ1) is 16.8. The molecule has 4 saturated carbocycles. The number of rotatable bonds is 4. The van der Waals surface area contributed by atoms with Crippen molar-refractivity contribution in [3.05, 3.63) is 15.9 Å². The fourth-order valence-electron chi connectivity index (χ4n) is 5.55. The lowest BCUT2D eigenvalue weighted by Gasteiger charge is -2.58. The van der Waals surface area contributed by atoms with E-state index < -0.39 is 0 Å². The maximum absolute atomic E-state index is 13.2. The topological polar surface area (TPSA) is 43.6 Å². The number of alkyl halides is 1. The molecule has 0 radical (unpaired) electrons. The quantitative estimate of drug-likeness (QED) is 0.763. The summed E-state index contributed by atoms with van der Waals surface area (Å²) in [7, 11) is 1.69. The second kappa shape index (κ2) is 5.96. The Kier molecular flexibility index (Phi) is 4.17. The predicted molar refractivity (Wildman–Crippen MR) is 95.2 cm³/mol. The summed E-state index contributed by atoms with van der Waals surface area (Å²) >= 11 is 8.44. The van der Waals surface area contributed by atoms with Crippen molar-refractivity contribution >= 4 is 28.8 Å². The van der Waals surface area contributed by atoms with Crippen molar-refractivity contribution < 1.29 is 9.53 Å². The van der Waals surface area contributed by atoms with Crippen LogP contribution in [0.4, 0.5) is 0 Å². The summed E-state index contributed by atoms with van der Waals surface area (Å²) in [5.74, 6) is 1.30. The van der Waals surface area contributed by atoms with E-state index in [1.165, 1.54) is 6.42 Å². The molecule has 0 spiro atoms. The van der Waals surface area contributed by atoms with Crippen LogP contribution in [-0.2, 0) is 16.1 Å². The molecule has 1 aromatic rings. The standard InChI is InChI=1S/C18H25ClN2O2S/c1-12-10-21(3-4-23-2)16(24-12)20-15(22)17-6-13-5-14(7-17)9-18(19,8-13)11-17/h10,13-14H,3-9,11H2,1-2H3. The van der Waals surface area contributed by atoms with Gasteiger partial charge in [0.15, 0.2) is 4.80 Å². The molecule has 1 heterocycles. The Hall–Kier alpha value is -0.650. The van der Waals surface area contributed by atoms with Gasteiger partial charge < -0.3 is 9.30 Å². The molecule has 0 aliphatic heterocycles. The number of ether oxygens (including phenoxy) is 1. The Labute approximate surface area is 151 Å². The van der Waals surface area contributed by atoms with E-state index in [4.69, 9.17) is 16.3 Å². The van der Waals surface area contributed by atoms with Gasteiger partial charge in [-0.15, -0.1) is 22.9 Å². The second-order valence-corrected chi connectivity index (χ2v) is 10.1. The Morgan fingerprint density at radius 3 is 2.75 bits per heavy atom. The number of aromatic nitrogens is 1. The van der Waals surface area contributed by atoms with Crippen LogP contribution in [0.1, 0.15) is 43.4 Å². The maximum atomic E-state index is 13.2. The van der Waals surface area contributed by atoms with Crippen LogP contribution in [0, 0.1) is 24.2 Å². The normalized spacial score (nSPS) is 38.0.